The van der Waals surface area contributed by atoms with Crippen LogP contribution in [0.1, 0.15) is 15.3 Å². The van der Waals surface area contributed by atoms with Crippen molar-refractivity contribution in [3.8, 4) is 0 Å². The molecular formula is C13H13BrClNS. The fourth-order valence-corrected chi connectivity index (χ4v) is 3.04. The van der Waals surface area contributed by atoms with Crippen LogP contribution in [0.3, 0.4) is 0 Å². The molecule has 1 aromatic carbocycles. The van der Waals surface area contributed by atoms with Crippen molar-refractivity contribution in [1.29, 1.82) is 0 Å². The number of hydrogen-bond donors (Lipinski definition) is 1. The molecule has 0 saturated heterocycles. The second kappa shape index (κ2) is 5.42. The first-order valence-corrected chi connectivity index (χ1v) is 7.30. The van der Waals surface area contributed by atoms with E-state index in [4.69, 9.17) is 11.6 Å². The molecule has 0 spiro atoms. The average molecular weight is 331 g/mol. The Bertz CT molecular complexity index is 536. The molecule has 1 nitrogen and oxygen atoms in total. The number of nitrogens with one attached hydrogen (secondary N) is 1. The van der Waals surface area contributed by atoms with E-state index in [0.29, 0.717) is 0 Å². The molecule has 0 radical (unpaired) electrons. The standard InChI is InChI=1S/C13H13BrClNS/c1-8-5-10(9(2)17-8)7-16-11-3-4-12(14)13(15)6-11/h3-6,16H,7H2,1-2H3. The van der Waals surface area contributed by atoms with Gasteiger partial charge in [-0.15, -0.1) is 11.3 Å². The number of anilines is 1. The third-order valence-electron chi connectivity index (χ3n) is 2.55. The Morgan fingerprint density at radius 2 is 2.06 bits per heavy atom. The molecule has 1 aromatic heterocycles. The highest BCUT2D eigenvalue weighted by Crippen LogP contribution is 2.26. The number of aryl methyl sites for hydroxylation is 2. The summed E-state index contributed by atoms with van der Waals surface area (Å²) in [5.41, 5.74) is 2.40. The van der Waals surface area contributed by atoms with Crippen molar-refractivity contribution in [2.75, 3.05) is 5.32 Å². The van der Waals surface area contributed by atoms with Crippen LogP contribution >= 0.6 is 38.9 Å². The molecule has 1 N–H and O–H groups in total. The van der Waals surface area contributed by atoms with Gasteiger partial charge in [-0.05, 0) is 59.6 Å². The molecule has 0 saturated carbocycles. The highest BCUT2D eigenvalue weighted by atomic mass is 79.9. The van der Waals surface area contributed by atoms with Gasteiger partial charge in [0.05, 0.1) is 5.02 Å². The van der Waals surface area contributed by atoms with Gasteiger partial charge in [0, 0.05) is 26.5 Å². The van der Waals surface area contributed by atoms with Crippen molar-refractivity contribution in [2.45, 2.75) is 20.4 Å². The van der Waals surface area contributed by atoms with E-state index in [0.717, 1.165) is 21.7 Å². The van der Waals surface area contributed by atoms with Crippen LogP contribution in [0, 0.1) is 13.8 Å². The first-order valence-electron chi connectivity index (χ1n) is 5.31. The zero-order valence-electron chi connectivity index (χ0n) is 9.68. The molecule has 90 valence electrons. The summed E-state index contributed by atoms with van der Waals surface area (Å²) in [7, 11) is 0. The SMILES string of the molecule is Cc1cc(CNc2ccc(Br)c(Cl)c2)c(C)s1. The highest BCUT2D eigenvalue weighted by Gasteiger charge is 2.03. The summed E-state index contributed by atoms with van der Waals surface area (Å²) in [5, 5.41) is 4.11. The maximum atomic E-state index is 6.05. The minimum absolute atomic E-state index is 0.730. The van der Waals surface area contributed by atoms with Gasteiger partial charge in [-0.3, -0.25) is 0 Å². The van der Waals surface area contributed by atoms with Crippen molar-refractivity contribution in [2.24, 2.45) is 0 Å². The molecule has 17 heavy (non-hydrogen) atoms. The van der Waals surface area contributed by atoms with Crippen molar-refractivity contribution < 1.29 is 0 Å². The normalized spacial score (nSPS) is 10.6. The van der Waals surface area contributed by atoms with Crippen LogP contribution in [-0.4, -0.2) is 0 Å². The van der Waals surface area contributed by atoms with Gasteiger partial charge in [0.15, 0.2) is 0 Å². The fourth-order valence-electron chi connectivity index (χ4n) is 1.66. The summed E-state index contributed by atoms with van der Waals surface area (Å²) in [6, 6.07) is 8.13. The second-order valence-corrected chi connectivity index (χ2v) is 6.64. The lowest BCUT2D eigenvalue weighted by atomic mass is 10.2. The Morgan fingerprint density at radius 3 is 2.65 bits per heavy atom. The summed E-state index contributed by atoms with van der Waals surface area (Å²) in [6.07, 6.45) is 0. The summed E-state index contributed by atoms with van der Waals surface area (Å²) in [6.45, 7) is 5.13. The van der Waals surface area contributed by atoms with Crippen molar-refractivity contribution in [3.63, 3.8) is 0 Å². The molecule has 0 aliphatic rings. The van der Waals surface area contributed by atoms with Gasteiger partial charge >= 0.3 is 0 Å². The van der Waals surface area contributed by atoms with Gasteiger partial charge in [0.1, 0.15) is 0 Å². The van der Waals surface area contributed by atoms with E-state index in [1.807, 2.05) is 29.5 Å². The van der Waals surface area contributed by atoms with E-state index in [-0.39, 0.29) is 0 Å². The Hall–Kier alpha value is -0.510. The highest BCUT2D eigenvalue weighted by molar-refractivity contribution is 9.10. The maximum Gasteiger partial charge on any atom is 0.0568 e. The quantitative estimate of drug-likeness (QED) is 0.795. The van der Waals surface area contributed by atoms with Gasteiger partial charge in [-0.25, -0.2) is 0 Å². The molecule has 0 bridgehead atoms. The number of benzene rings is 1. The Balaban J connectivity index is 2.07. The predicted molar refractivity (Wildman–Crippen MR) is 80.3 cm³/mol. The van der Waals surface area contributed by atoms with Gasteiger partial charge in [0.25, 0.3) is 0 Å². The zero-order valence-corrected chi connectivity index (χ0v) is 12.8. The van der Waals surface area contributed by atoms with E-state index in [2.05, 4.69) is 41.2 Å². The molecular weight excluding hydrogens is 318 g/mol. The topological polar surface area (TPSA) is 12.0 Å². The number of hydrogen-bond acceptors (Lipinski definition) is 2. The van der Waals surface area contributed by atoms with Gasteiger partial charge in [-0.2, -0.15) is 0 Å². The predicted octanol–water partition coefficient (Wildman–Crippen LogP) is 5.39. The summed E-state index contributed by atoms with van der Waals surface area (Å²) >= 11 is 11.3. The second-order valence-electron chi connectivity index (χ2n) is 3.92. The molecule has 0 unspecified atom stereocenters. The van der Waals surface area contributed by atoms with E-state index < -0.39 is 0 Å². The van der Waals surface area contributed by atoms with E-state index >= 15 is 0 Å². The number of rotatable bonds is 3. The molecule has 2 aromatic rings. The lowest BCUT2D eigenvalue weighted by Crippen LogP contribution is -1.99. The van der Waals surface area contributed by atoms with Crippen LogP contribution < -0.4 is 5.32 Å². The fraction of sp³-hybridized carbons (Fsp3) is 0.231. The third kappa shape index (κ3) is 3.24. The molecule has 2 rings (SSSR count). The van der Waals surface area contributed by atoms with Crippen LogP contribution in [0.4, 0.5) is 5.69 Å². The summed E-state index contributed by atoms with van der Waals surface area (Å²) in [5.74, 6) is 0. The van der Waals surface area contributed by atoms with Crippen LogP contribution in [0.15, 0.2) is 28.7 Å². The molecule has 0 amide bonds. The smallest absolute Gasteiger partial charge is 0.0568 e. The first kappa shape index (κ1) is 12.9. The first-order chi connectivity index (χ1) is 8.06. The Kier molecular flexibility index (Phi) is 4.13. The summed E-state index contributed by atoms with van der Waals surface area (Å²) in [4.78, 5) is 2.73. The van der Waals surface area contributed by atoms with Crippen molar-refractivity contribution in [1.82, 2.24) is 0 Å². The lowest BCUT2D eigenvalue weighted by Gasteiger charge is -2.07. The van der Waals surface area contributed by atoms with E-state index in [1.54, 1.807) is 0 Å². The molecule has 1 heterocycles. The minimum Gasteiger partial charge on any atom is -0.381 e. The molecule has 4 heteroatoms. The Morgan fingerprint density at radius 1 is 1.29 bits per heavy atom. The van der Waals surface area contributed by atoms with Gasteiger partial charge in [0.2, 0.25) is 0 Å². The van der Waals surface area contributed by atoms with Gasteiger partial charge in [-0.1, -0.05) is 11.6 Å². The number of halogens is 2. The van der Waals surface area contributed by atoms with Gasteiger partial charge < -0.3 is 5.32 Å². The van der Waals surface area contributed by atoms with E-state index in [9.17, 15) is 0 Å². The Labute approximate surface area is 119 Å². The van der Waals surface area contributed by atoms with Crippen LogP contribution in [0.25, 0.3) is 0 Å². The molecule has 0 atom stereocenters. The van der Waals surface area contributed by atoms with Crippen LogP contribution in [0.2, 0.25) is 5.02 Å². The van der Waals surface area contributed by atoms with Crippen LogP contribution in [0.5, 0.6) is 0 Å². The third-order valence-corrected chi connectivity index (χ3v) is 4.79. The lowest BCUT2D eigenvalue weighted by molar-refractivity contribution is 1.14. The largest absolute Gasteiger partial charge is 0.381 e. The monoisotopic (exact) mass is 329 g/mol. The van der Waals surface area contributed by atoms with Crippen molar-refractivity contribution >= 4 is 44.6 Å². The van der Waals surface area contributed by atoms with E-state index in [1.165, 1.54) is 15.3 Å². The van der Waals surface area contributed by atoms with Crippen LogP contribution in [-0.2, 0) is 6.54 Å². The number of thiophene rings is 1. The summed E-state index contributed by atoms with van der Waals surface area (Å²) < 4.78 is 0.923. The molecule has 0 fully saturated rings. The molecule has 0 aliphatic carbocycles. The minimum atomic E-state index is 0.730. The maximum absolute atomic E-state index is 6.05. The molecule has 0 aliphatic heterocycles. The zero-order chi connectivity index (χ0) is 12.4. The average Bonchev–Trinajstić information content (AvgIpc) is 2.59. The van der Waals surface area contributed by atoms with Crippen molar-refractivity contribution in [3.05, 3.63) is 49.1 Å².